The molecular weight excluding hydrogens is 447 g/mol. The number of hydrogen-bond donors (Lipinski definition) is 1. The van der Waals surface area contributed by atoms with Gasteiger partial charge in [0.25, 0.3) is 5.91 Å². The van der Waals surface area contributed by atoms with Gasteiger partial charge in [0, 0.05) is 23.1 Å². The highest BCUT2D eigenvalue weighted by molar-refractivity contribution is 6.35. The van der Waals surface area contributed by atoms with Gasteiger partial charge in [0.2, 0.25) is 5.91 Å². The summed E-state index contributed by atoms with van der Waals surface area (Å²) in [6.45, 7) is 8.49. The minimum absolute atomic E-state index is 0.172. The second kappa shape index (κ2) is 12.7. The van der Waals surface area contributed by atoms with Crippen molar-refractivity contribution in [3.63, 3.8) is 0 Å². The number of benzene rings is 2. The minimum Gasteiger partial charge on any atom is -0.483 e. The lowest BCUT2D eigenvalue weighted by atomic mass is 10.1. The molecule has 2 aromatic rings. The topological polar surface area (TPSA) is 58.6 Å². The van der Waals surface area contributed by atoms with Crippen LogP contribution < -0.4 is 10.1 Å². The highest BCUT2D eigenvalue weighted by Crippen LogP contribution is 2.24. The zero-order valence-corrected chi connectivity index (χ0v) is 20.7. The molecular formula is C25H32Cl2N2O3. The third kappa shape index (κ3) is 7.14. The lowest BCUT2D eigenvalue weighted by Crippen LogP contribution is -2.50. The van der Waals surface area contributed by atoms with Crippen LogP contribution in [0.3, 0.4) is 0 Å². The van der Waals surface area contributed by atoms with E-state index in [0.717, 1.165) is 29.5 Å². The molecule has 5 nitrogen and oxygen atoms in total. The van der Waals surface area contributed by atoms with E-state index in [1.807, 2.05) is 39.0 Å². The Kier molecular flexibility index (Phi) is 10.3. The van der Waals surface area contributed by atoms with E-state index in [9.17, 15) is 9.59 Å². The molecule has 0 heterocycles. The van der Waals surface area contributed by atoms with Gasteiger partial charge in [-0.1, -0.05) is 61.7 Å². The SMILES string of the molecule is CCCCNC(=O)[C@@H](CC)N(Cc1ccc(Cl)cc1Cl)C(=O)COc1cccc(C)c1C. The molecule has 2 rings (SSSR count). The summed E-state index contributed by atoms with van der Waals surface area (Å²) in [5.41, 5.74) is 2.79. The predicted molar refractivity (Wildman–Crippen MR) is 130 cm³/mol. The zero-order valence-electron chi connectivity index (χ0n) is 19.2. The van der Waals surface area contributed by atoms with Crippen molar-refractivity contribution in [1.82, 2.24) is 10.2 Å². The molecule has 2 aromatic carbocycles. The van der Waals surface area contributed by atoms with E-state index in [2.05, 4.69) is 12.2 Å². The predicted octanol–water partition coefficient (Wildman–Crippen LogP) is 5.71. The quantitative estimate of drug-likeness (QED) is 0.420. The van der Waals surface area contributed by atoms with Crippen molar-refractivity contribution in [1.29, 1.82) is 0 Å². The number of unbranched alkanes of at least 4 members (excludes halogenated alkanes) is 1. The fraction of sp³-hybridized carbons (Fsp3) is 0.440. The average molecular weight is 479 g/mol. The molecule has 2 amide bonds. The fourth-order valence-corrected chi connectivity index (χ4v) is 3.83. The van der Waals surface area contributed by atoms with E-state index in [1.54, 1.807) is 23.1 Å². The number of rotatable bonds is 11. The Labute approximate surface area is 201 Å². The van der Waals surface area contributed by atoms with Crippen LogP contribution in [0.1, 0.15) is 49.8 Å². The first-order valence-electron chi connectivity index (χ1n) is 11.0. The van der Waals surface area contributed by atoms with Crippen molar-refractivity contribution in [2.45, 2.75) is 59.5 Å². The molecule has 0 saturated heterocycles. The first-order valence-corrected chi connectivity index (χ1v) is 11.7. The summed E-state index contributed by atoms with van der Waals surface area (Å²) in [7, 11) is 0. The summed E-state index contributed by atoms with van der Waals surface area (Å²) in [6.07, 6.45) is 2.33. The molecule has 0 fully saturated rings. The maximum absolute atomic E-state index is 13.3. The van der Waals surface area contributed by atoms with Gasteiger partial charge in [-0.2, -0.15) is 0 Å². The monoisotopic (exact) mass is 478 g/mol. The Morgan fingerprint density at radius 1 is 1.12 bits per heavy atom. The van der Waals surface area contributed by atoms with Crippen molar-refractivity contribution in [3.8, 4) is 5.75 Å². The summed E-state index contributed by atoms with van der Waals surface area (Å²) in [5, 5.41) is 3.91. The van der Waals surface area contributed by atoms with Crippen LogP contribution in [0.15, 0.2) is 36.4 Å². The van der Waals surface area contributed by atoms with Crippen LogP contribution in [-0.2, 0) is 16.1 Å². The van der Waals surface area contributed by atoms with Gasteiger partial charge in [0.05, 0.1) is 0 Å². The van der Waals surface area contributed by atoms with E-state index in [-0.39, 0.29) is 25.0 Å². The van der Waals surface area contributed by atoms with Crippen LogP contribution in [0.25, 0.3) is 0 Å². The molecule has 0 aromatic heterocycles. The Morgan fingerprint density at radius 3 is 2.53 bits per heavy atom. The number of carbonyl (C=O) groups excluding carboxylic acids is 2. The molecule has 0 radical (unpaired) electrons. The van der Waals surface area contributed by atoms with Crippen LogP contribution >= 0.6 is 23.2 Å². The van der Waals surface area contributed by atoms with E-state index in [1.165, 1.54) is 0 Å². The molecule has 1 N–H and O–H groups in total. The number of aryl methyl sites for hydroxylation is 1. The largest absolute Gasteiger partial charge is 0.483 e. The summed E-state index contributed by atoms with van der Waals surface area (Å²) >= 11 is 12.4. The number of amides is 2. The number of nitrogens with zero attached hydrogens (tertiary/aromatic N) is 1. The standard InChI is InChI=1S/C25H32Cl2N2O3/c1-5-7-13-28-25(31)22(6-2)29(15-19-11-12-20(26)14-21(19)27)24(30)16-32-23-10-8-9-17(3)18(23)4/h8-12,14,22H,5-7,13,15-16H2,1-4H3,(H,28,31)/t22-/m1/s1. The van der Waals surface area contributed by atoms with Gasteiger partial charge in [-0.05, 0) is 61.6 Å². The van der Waals surface area contributed by atoms with Gasteiger partial charge >= 0.3 is 0 Å². The second-order valence-corrected chi connectivity index (χ2v) is 8.66. The Morgan fingerprint density at radius 2 is 1.88 bits per heavy atom. The summed E-state index contributed by atoms with van der Waals surface area (Å²) in [4.78, 5) is 27.7. The molecule has 7 heteroatoms. The molecule has 0 bridgehead atoms. The second-order valence-electron chi connectivity index (χ2n) is 7.81. The average Bonchev–Trinajstić information content (AvgIpc) is 2.76. The molecule has 0 aliphatic rings. The Hall–Kier alpha value is -2.24. The van der Waals surface area contributed by atoms with Crippen molar-refractivity contribution in [2.75, 3.05) is 13.2 Å². The molecule has 32 heavy (non-hydrogen) atoms. The van der Waals surface area contributed by atoms with Gasteiger partial charge in [0.15, 0.2) is 6.61 Å². The van der Waals surface area contributed by atoms with Gasteiger partial charge in [-0.3, -0.25) is 9.59 Å². The van der Waals surface area contributed by atoms with Gasteiger partial charge in [-0.25, -0.2) is 0 Å². The van der Waals surface area contributed by atoms with Gasteiger partial charge in [-0.15, -0.1) is 0 Å². The molecule has 0 aliphatic heterocycles. The fourth-order valence-electron chi connectivity index (χ4n) is 3.36. The number of ether oxygens (including phenoxy) is 1. The summed E-state index contributed by atoms with van der Waals surface area (Å²) < 4.78 is 5.84. The minimum atomic E-state index is -0.631. The van der Waals surface area contributed by atoms with Gasteiger partial charge in [0.1, 0.15) is 11.8 Å². The van der Waals surface area contributed by atoms with Crippen molar-refractivity contribution >= 4 is 35.0 Å². The van der Waals surface area contributed by atoms with Crippen molar-refractivity contribution in [2.24, 2.45) is 0 Å². The van der Waals surface area contributed by atoms with E-state index in [4.69, 9.17) is 27.9 Å². The molecule has 0 saturated carbocycles. The zero-order chi connectivity index (χ0) is 23.7. The summed E-state index contributed by atoms with van der Waals surface area (Å²) in [6, 6.07) is 10.2. The van der Waals surface area contributed by atoms with Crippen molar-refractivity contribution in [3.05, 3.63) is 63.1 Å². The lowest BCUT2D eigenvalue weighted by molar-refractivity contribution is -0.143. The number of nitrogens with one attached hydrogen (secondary N) is 1. The first kappa shape index (κ1) is 26.0. The number of hydrogen-bond acceptors (Lipinski definition) is 3. The lowest BCUT2D eigenvalue weighted by Gasteiger charge is -2.31. The van der Waals surface area contributed by atoms with Crippen LogP contribution in [0.2, 0.25) is 10.0 Å². The molecule has 1 atom stereocenters. The number of halogens is 2. The highest BCUT2D eigenvalue weighted by Gasteiger charge is 2.29. The highest BCUT2D eigenvalue weighted by atomic mass is 35.5. The van der Waals surface area contributed by atoms with E-state index >= 15 is 0 Å². The Balaban J connectivity index is 2.25. The van der Waals surface area contributed by atoms with Crippen LogP contribution in [0.5, 0.6) is 5.75 Å². The maximum atomic E-state index is 13.3. The van der Waals surface area contributed by atoms with Crippen molar-refractivity contribution < 1.29 is 14.3 Å². The molecule has 174 valence electrons. The Bertz CT molecular complexity index is 933. The molecule has 0 spiro atoms. The smallest absolute Gasteiger partial charge is 0.261 e. The third-order valence-electron chi connectivity index (χ3n) is 5.48. The van der Waals surface area contributed by atoms with Crippen LogP contribution in [-0.4, -0.2) is 35.9 Å². The first-order chi connectivity index (χ1) is 15.3. The maximum Gasteiger partial charge on any atom is 0.261 e. The molecule has 0 unspecified atom stereocenters. The molecule has 0 aliphatic carbocycles. The van der Waals surface area contributed by atoms with E-state index in [0.29, 0.717) is 28.8 Å². The third-order valence-corrected chi connectivity index (χ3v) is 6.06. The number of carbonyl (C=O) groups is 2. The van der Waals surface area contributed by atoms with Crippen LogP contribution in [0, 0.1) is 13.8 Å². The summed E-state index contributed by atoms with van der Waals surface area (Å²) in [5.74, 6) is 0.198. The van der Waals surface area contributed by atoms with Crippen LogP contribution in [0.4, 0.5) is 0 Å². The van der Waals surface area contributed by atoms with E-state index < -0.39 is 6.04 Å². The normalized spacial score (nSPS) is 11.7. The van der Waals surface area contributed by atoms with Gasteiger partial charge < -0.3 is 15.0 Å².